The number of hydrogen-bond acceptors (Lipinski definition) is 11. The fourth-order valence-corrected chi connectivity index (χ4v) is 4.37. The van der Waals surface area contributed by atoms with Crippen LogP contribution < -0.4 is 11.2 Å². The lowest BCUT2D eigenvalue weighted by Crippen LogP contribution is -2.41. The van der Waals surface area contributed by atoms with Crippen LogP contribution >= 0.6 is 0 Å². The molecular formula is C22H30N6O6. The summed E-state index contributed by atoms with van der Waals surface area (Å²) >= 11 is 0. The summed E-state index contributed by atoms with van der Waals surface area (Å²) in [6.07, 6.45) is -0.434. The summed E-state index contributed by atoms with van der Waals surface area (Å²) in [6.45, 7) is 6.02. The van der Waals surface area contributed by atoms with Crippen molar-refractivity contribution in [3.8, 4) is 6.07 Å². The Kier molecular flexibility index (Phi) is 6.50. The van der Waals surface area contributed by atoms with E-state index >= 15 is 0 Å². The maximum atomic E-state index is 12.2. The summed E-state index contributed by atoms with van der Waals surface area (Å²) in [5.74, 6) is 0.0361. The lowest BCUT2D eigenvalue weighted by Gasteiger charge is -2.24. The number of aliphatic hydroxyl groups is 2. The molecule has 2 aromatic rings. The van der Waals surface area contributed by atoms with Gasteiger partial charge < -0.3 is 25.4 Å². The molecule has 0 bridgehead atoms. The van der Waals surface area contributed by atoms with E-state index in [-0.39, 0.29) is 17.9 Å². The van der Waals surface area contributed by atoms with E-state index in [1.165, 1.54) is 10.8 Å². The number of rotatable bonds is 9. The minimum absolute atomic E-state index is 0.194. The standard InChI is InChI=1S/C22H30N6O6/c1-4-13(5-2)9-32-20(31)12(3)27-33-16-8-21(16)17(29)18(30)22(10-23,34-21)15-7-6-14-19(24)25-11-26-28(14)15/h6-7,11-13,16-18,27,29-30H,4-5,8-9H2,1-3H3,(H2,24,25,26)/t12-,16?,17-,18+,21+,22-/m0/s1. The Bertz CT molecular complexity index is 1100. The number of aliphatic hydroxyl groups excluding tert-OH is 2. The van der Waals surface area contributed by atoms with Gasteiger partial charge in [0.1, 0.15) is 47.9 Å². The highest BCUT2D eigenvalue weighted by molar-refractivity contribution is 5.75. The summed E-state index contributed by atoms with van der Waals surface area (Å²) in [5.41, 5.74) is 5.91. The zero-order chi connectivity index (χ0) is 24.7. The molecule has 0 amide bonds. The Balaban J connectivity index is 1.45. The molecule has 1 saturated carbocycles. The van der Waals surface area contributed by atoms with Crippen LogP contribution in [0, 0.1) is 17.2 Å². The maximum absolute atomic E-state index is 12.2. The van der Waals surface area contributed by atoms with Crippen molar-refractivity contribution in [1.82, 2.24) is 20.1 Å². The van der Waals surface area contributed by atoms with E-state index in [1.807, 2.05) is 19.9 Å². The van der Waals surface area contributed by atoms with Gasteiger partial charge in [-0.2, -0.15) is 15.8 Å². The Morgan fingerprint density at radius 2 is 2.15 bits per heavy atom. The molecule has 1 saturated heterocycles. The molecule has 184 valence electrons. The Labute approximate surface area is 196 Å². The summed E-state index contributed by atoms with van der Waals surface area (Å²) in [6, 6.07) is 4.40. The molecule has 12 heteroatoms. The van der Waals surface area contributed by atoms with Crippen molar-refractivity contribution < 1.29 is 29.3 Å². The van der Waals surface area contributed by atoms with Crippen molar-refractivity contribution in [1.29, 1.82) is 5.26 Å². The normalized spacial score (nSPS) is 31.1. The average Bonchev–Trinajstić information content (AvgIpc) is 3.27. The van der Waals surface area contributed by atoms with Crippen molar-refractivity contribution in [3.63, 3.8) is 0 Å². The number of nitrogen functional groups attached to an aromatic ring is 1. The second-order valence-corrected chi connectivity index (χ2v) is 8.92. The number of nitriles is 1. The molecule has 2 aliphatic rings. The first-order valence-corrected chi connectivity index (χ1v) is 11.4. The molecule has 1 aliphatic heterocycles. The number of carbonyl (C=O) groups is 1. The van der Waals surface area contributed by atoms with E-state index in [9.17, 15) is 20.3 Å². The van der Waals surface area contributed by atoms with Crippen molar-refractivity contribution in [2.75, 3.05) is 12.3 Å². The number of aromatic nitrogens is 3. The first-order valence-electron chi connectivity index (χ1n) is 11.4. The second kappa shape index (κ2) is 9.09. The average molecular weight is 475 g/mol. The maximum Gasteiger partial charge on any atom is 0.325 e. The molecule has 2 aromatic heterocycles. The van der Waals surface area contributed by atoms with E-state index < -0.39 is 41.5 Å². The van der Waals surface area contributed by atoms with Gasteiger partial charge in [-0.05, 0) is 25.0 Å². The number of nitrogens with one attached hydrogen (secondary N) is 1. The number of hydroxylamine groups is 1. The number of nitrogens with zero attached hydrogens (tertiary/aromatic N) is 4. The van der Waals surface area contributed by atoms with Gasteiger partial charge in [0.15, 0.2) is 5.82 Å². The number of ether oxygens (including phenoxy) is 2. The molecule has 1 spiro atoms. The van der Waals surface area contributed by atoms with Gasteiger partial charge >= 0.3 is 5.97 Å². The van der Waals surface area contributed by atoms with Gasteiger partial charge in [-0.3, -0.25) is 9.63 Å². The molecule has 6 atom stereocenters. The highest BCUT2D eigenvalue weighted by Gasteiger charge is 2.75. The number of nitrogens with two attached hydrogens (primary N) is 1. The van der Waals surface area contributed by atoms with Crippen molar-refractivity contribution >= 4 is 17.3 Å². The van der Waals surface area contributed by atoms with E-state index in [1.54, 1.807) is 19.1 Å². The fraction of sp³-hybridized carbons (Fsp3) is 0.636. The highest BCUT2D eigenvalue weighted by Crippen LogP contribution is 2.57. The van der Waals surface area contributed by atoms with Crippen molar-refractivity contribution in [2.45, 2.75) is 75.6 Å². The van der Waals surface area contributed by atoms with Gasteiger partial charge in [-0.1, -0.05) is 26.7 Å². The summed E-state index contributed by atoms with van der Waals surface area (Å²) in [5, 5.41) is 35.9. The molecule has 1 aliphatic carbocycles. The van der Waals surface area contributed by atoms with Gasteiger partial charge in [0.25, 0.3) is 0 Å². The van der Waals surface area contributed by atoms with Gasteiger partial charge in [-0.25, -0.2) is 9.50 Å². The second-order valence-electron chi connectivity index (χ2n) is 8.92. The summed E-state index contributed by atoms with van der Waals surface area (Å²) < 4.78 is 12.8. The zero-order valence-electron chi connectivity index (χ0n) is 19.3. The third kappa shape index (κ3) is 3.79. The summed E-state index contributed by atoms with van der Waals surface area (Å²) in [4.78, 5) is 21.8. The van der Waals surface area contributed by atoms with Crippen LogP contribution in [-0.2, 0) is 24.7 Å². The number of anilines is 1. The molecular weight excluding hydrogens is 444 g/mol. The topological polar surface area (TPSA) is 177 Å². The minimum Gasteiger partial charge on any atom is -0.464 e. The lowest BCUT2D eigenvalue weighted by molar-refractivity contribution is -0.154. The number of hydrogen-bond donors (Lipinski definition) is 4. The predicted octanol–water partition coefficient (Wildman–Crippen LogP) is 0.183. The van der Waals surface area contributed by atoms with Crippen LogP contribution in [0.15, 0.2) is 18.5 Å². The van der Waals surface area contributed by atoms with E-state index in [0.717, 1.165) is 12.8 Å². The Morgan fingerprint density at radius 3 is 2.82 bits per heavy atom. The van der Waals surface area contributed by atoms with Gasteiger partial charge in [0, 0.05) is 6.42 Å². The molecule has 1 unspecified atom stereocenters. The SMILES string of the molecule is CCC(CC)COC(=O)[C@H](C)NOC1C[C@@]12O[C@@](C#N)(c1ccc3c(N)ncnn13)[C@H](O)[C@@H]2O. The molecule has 4 rings (SSSR count). The van der Waals surface area contributed by atoms with Crippen LogP contribution in [0.2, 0.25) is 0 Å². The smallest absolute Gasteiger partial charge is 0.325 e. The largest absolute Gasteiger partial charge is 0.464 e. The third-order valence-electron chi connectivity index (χ3n) is 6.84. The fourth-order valence-electron chi connectivity index (χ4n) is 4.37. The molecule has 0 aromatic carbocycles. The molecule has 34 heavy (non-hydrogen) atoms. The van der Waals surface area contributed by atoms with E-state index in [0.29, 0.717) is 18.0 Å². The van der Waals surface area contributed by atoms with Crippen LogP contribution in [-0.4, -0.2) is 67.3 Å². The highest BCUT2D eigenvalue weighted by atomic mass is 16.7. The first kappa shape index (κ1) is 24.3. The third-order valence-corrected chi connectivity index (χ3v) is 6.84. The van der Waals surface area contributed by atoms with Gasteiger partial charge in [0.05, 0.1) is 12.3 Å². The van der Waals surface area contributed by atoms with Crippen molar-refractivity contribution in [3.05, 3.63) is 24.2 Å². The quantitative estimate of drug-likeness (QED) is 0.288. The number of fused-ring (bicyclic) bond motifs is 1. The van der Waals surface area contributed by atoms with Gasteiger partial charge in [0.2, 0.25) is 5.60 Å². The van der Waals surface area contributed by atoms with Crippen LogP contribution in [0.4, 0.5) is 5.82 Å². The monoisotopic (exact) mass is 474 g/mol. The van der Waals surface area contributed by atoms with Crippen LogP contribution in [0.3, 0.4) is 0 Å². The Hall–Kier alpha value is -2.82. The van der Waals surface area contributed by atoms with E-state index in [4.69, 9.17) is 20.0 Å². The van der Waals surface area contributed by atoms with Gasteiger partial charge in [-0.15, -0.1) is 0 Å². The first-order chi connectivity index (χ1) is 16.2. The van der Waals surface area contributed by atoms with Crippen LogP contribution in [0.1, 0.15) is 45.7 Å². The predicted molar refractivity (Wildman–Crippen MR) is 118 cm³/mol. The van der Waals surface area contributed by atoms with E-state index in [2.05, 4.69) is 15.6 Å². The van der Waals surface area contributed by atoms with Crippen molar-refractivity contribution in [2.24, 2.45) is 5.92 Å². The molecule has 3 heterocycles. The Morgan fingerprint density at radius 1 is 1.41 bits per heavy atom. The summed E-state index contributed by atoms with van der Waals surface area (Å²) in [7, 11) is 0. The molecule has 0 radical (unpaired) electrons. The zero-order valence-corrected chi connectivity index (χ0v) is 19.3. The molecule has 5 N–H and O–H groups in total. The molecule has 12 nitrogen and oxygen atoms in total. The minimum atomic E-state index is -1.91. The van der Waals surface area contributed by atoms with Crippen LogP contribution in [0.25, 0.3) is 5.52 Å². The number of esters is 1. The van der Waals surface area contributed by atoms with Crippen LogP contribution in [0.5, 0.6) is 0 Å². The number of carbonyl (C=O) groups excluding carboxylic acids is 1. The lowest BCUT2D eigenvalue weighted by atomic mass is 9.92. The molecule has 2 fully saturated rings.